The Bertz CT molecular complexity index is 422. The number of benzene rings is 1. The molecule has 116 valence electrons. The molecule has 1 N–H and O–H groups in total. The molecule has 1 aliphatic rings. The highest BCUT2D eigenvalue weighted by molar-refractivity contribution is 5.74. The van der Waals surface area contributed by atoms with Crippen LogP contribution in [0.25, 0.3) is 0 Å². The summed E-state index contributed by atoms with van der Waals surface area (Å²) in [4.78, 5) is 12.2. The molecule has 4 nitrogen and oxygen atoms in total. The standard InChI is InChI=1S/C17H25NO3/c1-14-11-18(12-15(2)21-14)9-3-4-10-20-17-7-5-16(13-19)6-8-17/h5-8,13-15H,3-4,9-12H2,1-2H3/p+1/t14-,15-/m1/s1. The Kier molecular flexibility index (Phi) is 6.21. The Balaban J connectivity index is 1.60. The number of carbonyl (C=O) groups is 1. The van der Waals surface area contributed by atoms with Gasteiger partial charge in [-0.25, -0.2) is 0 Å². The molecule has 0 amide bonds. The summed E-state index contributed by atoms with van der Waals surface area (Å²) in [6.45, 7) is 8.45. The highest BCUT2D eigenvalue weighted by Crippen LogP contribution is 2.11. The van der Waals surface area contributed by atoms with Crippen LogP contribution in [0.5, 0.6) is 5.75 Å². The topological polar surface area (TPSA) is 40.0 Å². The number of ether oxygens (including phenoxy) is 2. The van der Waals surface area contributed by atoms with E-state index in [4.69, 9.17) is 9.47 Å². The van der Waals surface area contributed by atoms with Gasteiger partial charge in [0.2, 0.25) is 0 Å². The van der Waals surface area contributed by atoms with Crippen LogP contribution in [0.3, 0.4) is 0 Å². The second kappa shape index (κ2) is 8.15. The second-order valence-electron chi connectivity index (χ2n) is 5.91. The smallest absolute Gasteiger partial charge is 0.150 e. The zero-order valence-corrected chi connectivity index (χ0v) is 13.0. The number of rotatable bonds is 7. The van der Waals surface area contributed by atoms with Crippen LogP contribution in [0.4, 0.5) is 0 Å². The van der Waals surface area contributed by atoms with Gasteiger partial charge in [0, 0.05) is 5.56 Å². The Morgan fingerprint density at radius 1 is 1.19 bits per heavy atom. The van der Waals surface area contributed by atoms with Crippen molar-refractivity contribution in [1.29, 1.82) is 0 Å². The van der Waals surface area contributed by atoms with Crippen molar-refractivity contribution in [3.8, 4) is 5.75 Å². The monoisotopic (exact) mass is 292 g/mol. The lowest BCUT2D eigenvalue weighted by Gasteiger charge is -2.32. The molecular weight excluding hydrogens is 266 g/mol. The van der Waals surface area contributed by atoms with Crippen LogP contribution in [0, 0.1) is 0 Å². The van der Waals surface area contributed by atoms with E-state index in [0.717, 1.165) is 38.2 Å². The Morgan fingerprint density at radius 3 is 2.48 bits per heavy atom. The van der Waals surface area contributed by atoms with E-state index in [1.54, 1.807) is 17.0 Å². The number of carbonyl (C=O) groups excluding carboxylic acids is 1. The van der Waals surface area contributed by atoms with Crippen LogP contribution in [0.15, 0.2) is 24.3 Å². The number of nitrogens with one attached hydrogen (secondary N) is 1. The normalized spacial score (nSPS) is 25.5. The third-order valence-electron chi connectivity index (χ3n) is 3.83. The third kappa shape index (κ3) is 5.48. The van der Waals surface area contributed by atoms with Crippen LogP contribution in [0.2, 0.25) is 0 Å². The van der Waals surface area contributed by atoms with Gasteiger partial charge in [-0.1, -0.05) is 0 Å². The van der Waals surface area contributed by atoms with Crippen LogP contribution in [0.1, 0.15) is 37.0 Å². The maximum atomic E-state index is 10.6. The quantitative estimate of drug-likeness (QED) is 0.609. The van der Waals surface area contributed by atoms with Gasteiger partial charge in [0.15, 0.2) is 0 Å². The molecule has 0 unspecified atom stereocenters. The molecule has 1 aromatic rings. The summed E-state index contributed by atoms with van der Waals surface area (Å²) < 4.78 is 11.4. The summed E-state index contributed by atoms with van der Waals surface area (Å²) in [6, 6.07) is 7.26. The van der Waals surface area contributed by atoms with Crippen LogP contribution < -0.4 is 9.64 Å². The van der Waals surface area contributed by atoms with Crippen LogP contribution in [-0.2, 0) is 4.74 Å². The summed E-state index contributed by atoms with van der Waals surface area (Å²) in [5.41, 5.74) is 0.682. The van der Waals surface area contributed by atoms with E-state index in [0.29, 0.717) is 17.8 Å². The summed E-state index contributed by atoms with van der Waals surface area (Å²) >= 11 is 0. The molecule has 4 heteroatoms. The minimum Gasteiger partial charge on any atom is -0.494 e. The lowest BCUT2D eigenvalue weighted by Crippen LogP contribution is -3.15. The van der Waals surface area contributed by atoms with Gasteiger partial charge in [-0.3, -0.25) is 4.79 Å². The van der Waals surface area contributed by atoms with Crippen molar-refractivity contribution in [3.63, 3.8) is 0 Å². The minimum absolute atomic E-state index is 0.372. The largest absolute Gasteiger partial charge is 0.494 e. The van der Waals surface area contributed by atoms with Crippen molar-refractivity contribution in [2.45, 2.75) is 38.9 Å². The molecule has 1 saturated heterocycles. The van der Waals surface area contributed by atoms with Gasteiger partial charge in [-0.15, -0.1) is 0 Å². The van der Waals surface area contributed by atoms with Crippen molar-refractivity contribution in [1.82, 2.24) is 0 Å². The SMILES string of the molecule is C[C@@H]1C[NH+](CCCCOc2ccc(C=O)cc2)C[C@@H](C)O1. The van der Waals surface area contributed by atoms with Gasteiger partial charge in [0.05, 0.1) is 13.2 Å². The van der Waals surface area contributed by atoms with Crippen molar-refractivity contribution in [3.05, 3.63) is 29.8 Å². The number of hydrogen-bond donors (Lipinski definition) is 1. The van der Waals surface area contributed by atoms with E-state index >= 15 is 0 Å². The van der Waals surface area contributed by atoms with Crippen LogP contribution in [-0.4, -0.2) is 44.7 Å². The van der Waals surface area contributed by atoms with E-state index in [-0.39, 0.29) is 0 Å². The minimum atomic E-state index is 0.372. The van der Waals surface area contributed by atoms with Gasteiger partial charge < -0.3 is 14.4 Å². The lowest BCUT2D eigenvalue weighted by atomic mass is 10.2. The number of hydrogen-bond acceptors (Lipinski definition) is 3. The predicted octanol–water partition coefficient (Wildman–Crippen LogP) is 1.35. The number of morpholine rings is 1. The molecule has 0 radical (unpaired) electrons. The fourth-order valence-corrected chi connectivity index (χ4v) is 2.90. The molecule has 1 aliphatic heterocycles. The molecule has 1 heterocycles. The summed E-state index contributed by atoms with van der Waals surface area (Å²) in [6.07, 6.45) is 3.81. The van der Waals surface area contributed by atoms with Crippen LogP contribution >= 0.6 is 0 Å². The van der Waals surface area contributed by atoms with E-state index in [1.807, 2.05) is 12.1 Å². The van der Waals surface area contributed by atoms with Gasteiger partial charge in [-0.05, 0) is 51.0 Å². The molecule has 0 saturated carbocycles. The fourth-order valence-electron chi connectivity index (χ4n) is 2.90. The van der Waals surface area contributed by atoms with E-state index in [2.05, 4.69) is 13.8 Å². The summed E-state index contributed by atoms with van der Waals surface area (Å²) in [7, 11) is 0. The zero-order chi connectivity index (χ0) is 15.1. The highest BCUT2D eigenvalue weighted by Gasteiger charge is 2.24. The van der Waals surface area contributed by atoms with Crippen molar-refractivity contribution in [2.75, 3.05) is 26.2 Å². The first-order valence-electron chi connectivity index (χ1n) is 7.84. The van der Waals surface area contributed by atoms with Gasteiger partial charge in [0.25, 0.3) is 0 Å². The van der Waals surface area contributed by atoms with E-state index in [1.165, 1.54) is 13.0 Å². The number of aldehydes is 1. The average Bonchev–Trinajstić information content (AvgIpc) is 2.46. The fraction of sp³-hybridized carbons (Fsp3) is 0.588. The van der Waals surface area contributed by atoms with Gasteiger partial charge >= 0.3 is 0 Å². The molecular formula is C17H26NO3+. The third-order valence-corrected chi connectivity index (χ3v) is 3.83. The highest BCUT2D eigenvalue weighted by atomic mass is 16.5. The zero-order valence-electron chi connectivity index (χ0n) is 13.0. The molecule has 2 atom stereocenters. The van der Waals surface area contributed by atoms with Crippen molar-refractivity contribution >= 4 is 6.29 Å². The van der Waals surface area contributed by atoms with Gasteiger partial charge in [0.1, 0.15) is 37.3 Å². The molecule has 2 rings (SSSR count). The second-order valence-corrected chi connectivity index (χ2v) is 5.91. The van der Waals surface area contributed by atoms with Crippen molar-refractivity contribution in [2.24, 2.45) is 0 Å². The summed E-state index contributed by atoms with van der Waals surface area (Å²) in [5, 5.41) is 0. The maximum absolute atomic E-state index is 10.6. The first-order chi connectivity index (χ1) is 10.2. The first-order valence-corrected chi connectivity index (χ1v) is 7.84. The number of unbranched alkanes of at least 4 members (excludes halogenated alkanes) is 1. The molecule has 0 spiro atoms. The average molecular weight is 292 g/mol. The van der Waals surface area contributed by atoms with E-state index < -0.39 is 0 Å². The number of quaternary nitrogens is 1. The molecule has 1 fully saturated rings. The Labute approximate surface area is 127 Å². The van der Waals surface area contributed by atoms with E-state index in [9.17, 15) is 4.79 Å². The maximum Gasteiger partial charge on any atom is 0.150 e. The molecule has 21 heavy (non-hydrogen) atoms. The first kappa shape index (κ1) is 16.0. The molecule has 0 aliphatic carbocycles. The van der Waals surface area contributed by atoms with Gasteiger partial charge in [-0.2, -0.15) is 0 Å². The Morgan fingerprint density at radius 2 is 1.86 bits per heavy atom. The molecule has 0 aromatic heterocycles. The Hall–Kier alpha value is -1.39. The summed E-state index contributed by atoms with van der Waals surface area (Å²) in [5.74, 6) is 0.835. The molecule has 1 aromatic carbocycles. The lowest BCUT2D eigenvalue weighted by molar-refractivity contribution is -0.915. The predicted molar refractivity (Wildman–Crippen MR) is 82.1 cm³/mol. The van der Waals surface area contributed by atoms with Crippen molar-refractivity contribution < 1.29 is 19.2 Å². The molecule has 0 bridgehead atoms.